The molecule has 162 valence electrons. The first-order chi connectivity index (χ1) is 15.1. The number of anilines is 1. The van der Waals surface area contributed by atoms with Crippen LogP contribution in [0.5, 0.6) is 0 Å². The molecule has 1 atom stereocenters. The summed E-state index contributed by atoms with van der Waals surface area (Å²) in [6, 6.07) is 7.33. The van der Waals surface area contributed by atoms with Crippen LogP contribution in [0.25, 0.3) is 11.3 Å². The number of hydrogen-bond donors (Lipinski definition) is 1. The van der Waals surface area contributed by atoms with Crippen LogP contribution in [0.3, 0.4) is 0 Å². The number of amides is 2. The molecular formula is C22H25N5O2S2. The van der Waals surface area contributed by atoms with E-state index in [9.17, 15) is 9.59 Å². The molecule has 0 spiro atoms. The van der Waals surface area contributed by atoms with E-state index in [0.29, 0.717) is 16.6 Å². The molecule has 1 saturated heterocycles. The number of pyridine rings is 1. The molecule has 1 aliphatic rings. The summed E-state index contributed by atoms with van der Waals surface area (Å²) in [5.74, 6) is -0.302. The van der Waals surface area contributed by atoms with E-state index in [1.165, 1.54) is 22.7 Å². The molecule has 1 aliphatic heterocycles. The van der Waals surface area contributed by atoms with Crippen molar-refractivity contribution in [2.75, 3.05) is 24.5 Å². The number of rotatable bonds is 8. The molecule has 0 saturated carbocycles. The second-order valence-electron chi connectivity index (χ2n) is 7.49. The largest absolute Gasteiger partial charge is 0.368 e. The van der Waals surface area contributed by atoms with E-state index in [4.69, 9.17) is 10.7 Å². The van der Waals surface area contributed by atoms with Crippen molar-refractivity contribution in [3.05, 3.63) is 52.3 Å². The fourth-order valence-electron chi connectivity index (χ4n) is 3.87. The zero-order valence-electron chi connectivity index (χ0n) is 17.1. The van der Waals surface area contributed by atoms with Crippen LogP contribution in [0, 0.1) is 0 Å². The Morgan fingerprint density at radius 3 is 2.77 bits per heavy atom. The monoisotopic (exact) mass is 455 g/mol. The zero-order valence-corrected chi connectivity index (χ0v) is 18.8. The lowest BCUT2D eigenvalue weighted by atomic mass is 10.0. The molecule has 9 heteroatoms. The van der Waals surface area contributed by atoms with Gasteiger partial charge in [-0.2, -0.15) is 0 Å². The summed E-state index contributed by atoms with van der Waals surface area (Å²) >= 11 is 2.89. The van der Waals surface area contributed by atoms with Gasteiger partial charge in [-0.3, -0.25) is 24.4 Å². The molecule has 3 aromatic rings. The number of primary amides is 1. The molecule has 31 heavy (non-hydrogen) atoms. The van der Waals surface area contributed by atoms with E-state index >= 15 is 0 Å². The Kier molecular flexibility index (Phi) is 7.06. The Balaban J connectivity index is 1.49. The topological polar surface area (TPSA) is 92.4 Å². The van der Waals surface area contributed by atoms with Crippen LogP contribution >= 0.6 is 22.7 Å². The van der Waals surface area contributed by atoms with Gasteiger partial charge in [0.05, 0.1) is 16.6 Å². The van der Waals surface area contributed by atoms with Crippen molar-refractivity contribution in [3.8, 4) is 11.3 Å². The van der Waals surface area contributed by atoms with Crippen molar-refractivity contribution in [1.82, 2.24) is 14.9 Å². The lowest BCUT2D eigenvalue weighted by Crippen LogP contribution is -2.48. The molecular weight excluding hydrogens is 430 g/mol. The van der Waals surface area contributed by atoms with Gasteiger partial charge < -0.3 is 5.73 Å². The second kappa shape index (κ2) is 10.1. The molecule has 0 unspecified atom stereocenters. The molecule has 0 aliphatic carbocycles. The van der Waals surface area contributed by atoms with Gasteiger partial charge in [0.15, 0.2) is 5.13 Å². The smallest absolute Gasteiger partial charge is 0.270 e. The van der Waals surface area contributed by atoms with E-state index in [0.717, 1.165) is 50.0 Å². The molecule has 4 heterocycles. The summed E-state index contributed by atoms with van der Waals surface area (Å²) in [4.78, 5) is 38.4. The number of likely N-dealkylation sites (tertiary alicyclic amines) is 1. The predicted octanol–water partition coefficient (Wildman–Crippen LogP) is 3.64. The minimum absolute atomic E-state index is 0.0456. The van der Waals surface area contributed by atoms with Gasteiger partial charge >= 0.3 is 0 Å². The highest BCUT2D eigenvalue weighted by molar-refractivity contribution is 7.14. The Labute approximate surface area is 189 Å². The number of aromatic nitrogens is 2. The van der Waals surface area contributed by atoms with Crippen molar-refractivity contribution in [2.24, 2.45) is 5.73 Å². The zero-order chi connectivity index (χ0) is 21.6. The maximum absolute atomic E-state index is 13.2. The average Bonchev–Trinajstić information content (AvgIpc) is 3.50. The molecule has 1 fully saturated rings. The number of carbonyl (C=O) groups excluding carboxylic acids is 2. The molecule has 7 nitrogen and oxygen atoms in total. The van der Waals surface area contributed by atoms with Crippen LogP contribution in [0.2, 0.25) is 0 Å². The van der Waals surface area contributed by atoms with Crippen LogP contribution in [-0.4, -0.2) is 52.4 Å². The number of hydrogen-bond acceptors (Lipinski definition) is 7. The summed E-state index contributed by atoms with van der Waals surface area (Å²) < 4.78 is 0. The van der Waals surface area contributed by atoms with E-state index in [1.807, 2.05) is 35.0 Å². The van der Waals surface area contributed by atoms with Crippen LogP contribution in [0.4, 0.5) is 5.13 Å². The van der Waals surface area contributed by atoms with Crippen molar-refractivity contribution in [3.63, 3.8) is 0 Å². The lowest BCUT2D eigenvalue weighted by Gasteiger charge is -2.34. The van der Waals surface area contributed by atoms with Gasteiger partial charge in [-0.1, -0.05) is 12.5 Å². The number of carbonyl (C=O) groups is 2. The van der Waals surface area contributed by atoms with E-state index in [2.05, 4.69) is 9.88 Å². The first kappa shape index (κ1) is 21.6. The van der Waals surface area contributed by atoms with Gasteiger partial charge in [-0.15, -0.1) is 22.7 Å². The third kappa shape index (κ3) is 5.17. The molecule has 0 radical (unpaired) electrons. The number of piperidine rings is 1. The number of thiazole rings is 1. The maximum Gasteiger partial charge on any atom is 0.270 e. The third-order valence-corrected chi connectivity index (χ3v) is 7.17. The SMILES string of the molecule is NC(=O)[C@@H]1CCCCN1CCCN(C(=O)c1cccs1)c1nc(-c2ccncc2)cs1. The van der Waals surface area contributed by atoms with Crippen molar-refractivity contribution < 1.29 is 9.59 Å². The van der Waals surface area contributed by atoms with Gasteiger partial charge in [0.25, 0.3) is 5.91 Å². The van der Waals surface area contributed by atoms with Crippen LogP contribution < -0.4 is 10.6 Å². The summed E-state index contributed by atoms with van der Waals surface area (Å²) in [6.45, 7) is 2.13. The quantitative estimate of drug-likeness (QED) is 0.560. The molecule has 3 aromatic heterocycles. The Morgan fingerprint density at radius 1 is 1.19 bits per heavy atom. The van der Waals surface area contributed by atoms with Crippen LogP contribution in [-0.2, 0) is 4.79 Å². The van der Waals surface area contributed by atoms with E-state index < -0.39 is 0 Å². The van der Waals surface area contributed by atoms with Gasteiger partial charge in [0.2, 0.25) is 5.91 Å². The van der Waals surface area contributed by atoms with E-state index in [-0.39, 0.29) is 17.9 Å². The van der Waals surface area contributed by atoms with Crippen molar-refractivity contribution in [2.45, 2.75) is 31.7 Å². The summed E-state index contributed by atoms with van der Waals surface area (Å²) in [5.41, 5.74) is 7.39. The average molecular weight is 456 g/mol. The van der Waals surface area contributed by atoms with Gasteiger partial charge in [-0.25, -0.2) is 4.98 Å². The minimum Gasteiger partial charge on any atom is -0.368 e. The molecule has 0 aromatic carbocycles. The fraction of sp³-hybridized carbons (Fsp3) is 0.364. The number of nitrogens with zero attached hydrogens (tertiary/aromatic N) is 4. The summed E-state index contributed by atoms with van der Waals surface area (Å²) in [5, 5.41) is 4.55. The first-order valence-electron chi connectivity index (χ1n) is 10.4. The highest BCUT2D eigenvalue weighted by atomic mass is 32.1. The summed E-state index contributed by atoms with van der Waals surface area (Å²) in [7, 11) is 0. The minimum atomic E-state index is -0.256. The lowest BCUT2D eigenvalue weighted by molar-refractivity contribution is -0.124. The number of nitrogens with two attached hydrogens (primary N) is 1. The first-order valence-corrected chi connectivity index (χ1v) is 12.1. The van der Waals surface area contributed by atoms with Gasteiger partial charge in [0, 0.05) is 36.4 Å². The van der Waals surface area contributed by atoms with Crippen molar-refractivity contribution >= 4 is 39.6 Å². The molecule has 4 rings (SSSR count). The second-order valence-corrected chi connectivity index (χ2v) is 9.27. The van der Waals surface area contributed by atoms with Gasteiger partial charge in [-0.05, 0) is 49.4 Å². The molecule has 2 amide bonds. The maximum atomic E-state index is 13.2. The van der Waals surface area contributed by atoms with Gasteiger partial charge in [0.1, 0.15) is 0 Å². The molecule has 0 bridgehead atoms. The third-order valence-electron chi connectivity index (χ3n) is 5.45. The Bertz CT molecular complexity index is 1010. The Morgan fingerprint density at radius 2 is 2.03 bits per heavy atom. The van der Waals surface area contributed by atoms with Crippen LogP contribution in [0.1, 0.15) is 35.4 Å². The highest BCUT2D eigenvalue weighted by Gasteiger charge is 2.27. The molecule has 2 N–H and O–H groups in total. The summed E-state index contributed by atoms with van der Waals surface area (Å²) in [6.07, 6.45) is 7.13. The standard InChI is InChI=1S/C22H25N5O2S2/c23-20(28)18-5-1-2-11-26(18)12-4-13-27(21(29)19-6-3-14-30-19)22-25-17(15-31-22)16-7-9-24-10-8-16/h3,6-10,14-15,18H,1-2,4-5,11-13H2,(H2,23,28)/t18-/m0/s1. The van der Waals surface area contributed by atoms with E-state index in [1.54, 1.807) is 17.3 Å². The highest BCUT2D eigenvalue weighted by Crippen LogP contribution is 2.29. The number of thiophene rings is 1. The normalized spacial score (nSPS) is 16.8. The predicted molar refractivity (Wildman–Crippen MR) is 124 cm³/mol. The fourth-order valence-corrected chi connectivity index (χ4v) is 5.40. The van der Waals surface area contributed by atoms with Crippen LogP contribution in [0.15, 0.2) is 47.4 Å². The van der Waals surface area contributed by atoms with Crippen molar-refractivity contribution in [1.29, 1.82) is 0 Å². The Hall–Kier alpha value is -2.62.